The molecule has 72 valence electrons. The number of nitrogens with one attached hydrogen (secondary N) is 2. The first-order valence-corrected chi connectivity index (χ1v) is 4.94. The zero-order valence-electron chi connectivity index (χ0n) is 6.83. The zero-order chi connectivity index (χ0) is 10.1. The molecular weight excluding hydrogens is 268 g/mol. The molecule has 1 fully saturated rings. The Labute approximate surface area is 93.5 Å². The van der Waals surface area contributed by atoms with Crippen molar-refractivity contribution < 1.29 is 9.21 Å². The van der Waals surface area contributed by atoms with E-state index in [2.05, 4.69) is 26.6 Å². The fourth-order valence-electron chi connectivity index (χ4n) is 1.03. The highest BCUT2D eigenvalue weighted by atomic mass is 79.9. The van der Waals surface area contributed by atoms with E-state index < -0.39 is 0 Å². The number of carbonyl (C=O) groups excluding carboxylic acids is 1. The molecule has 1 aromatic rings. The Morgan fingerprint density at radius 3 is 2.71 bits per heavy atom. The van der Waals surface area contributed by atoms with Gasteiger partial charge in [0, 0.05) is 6.08 Å². The van der Waals surface area contributed by atoms with Gasteiger partial charge in [-0.05, 0) is 40.3 Å². The number of thiocarbonyl (C=S) groups is 1. The summed E-state index contributed by atoms with van der Waals surface area (Å²) in [6.45, 7) is 0. The van der Waals surface area contributed by atoms with E-state index in [0.717, 1.165) is 0 Å². The molecule has 1 saturated heterocycles. The van der Waals surface area contributed by atoms with Gasteiger partial charge in [0.05, 0.1) is 0 Å². The number of rotatable bonds is 1. The standard InChI is InChI=1S/C8H5BrN2O2S/c9-6-2-1-4(13-6)3-5-7(12)11-8(14)10-5/h1-3H,(H2,10,11,12,14)/b5-3-. The summed E-state index contributed by atoms with van der Waals surface area (Å²) >= 11 is 7.94. The monoisotopic (exact) mass is 272 g/mol. The number of furan rings is 1. The van der Waals surface area contributed by atoms with Crippen LogP contribution in [0.1, 0.15) is 5.76 Å². The molecular formula is C8H5BrN2O2S. The molecule has 0 unspecified atom stereocenters. The van der Waals surface area contributed by atoms with Crippen molar-refractivity contribution in [2.75, 3.05) is 0 Å². The molecule has 14 heavy (non-hydrogen) atoms. The van der Waals surface area contributed by atoms with Gasteiger partial charge in [0.15, 0.2) is 9.78 Å². The molecule has 6 heteroatoms. The molecule has 1 aromatic heterocycles. The van der Waals surface area contributed by atoms with Crippen LogP contribution >= 0.6 is 28.1 Å². The first kappa shape index (κ1) is 9.42. The van der Waals surface area contributed by atoms with E-state index in [-0.39, 0.29) is 5.91 Å². The number of hydrogen-bond donors (Lipinski definition) is 2. The fraction of sp³-hybridized carbons (Fsp3) is 0. The SMILES string of the molecule is O=C1NC(=S)N/C1=C\c1ccc(Br)o1. The van der Waals surface area contributed by atoms with Crippen molar-refractivity contribution >= 4 is 45.2 Å². The number of carbonyl (C=O) groups is 1. The van der Waals surface area contributed by atoms with Crippen LogP contribution in [0, 0.1) is 0 Å². The normalized spacial score (nSPS) is 18.5. The smallest absolute Gasteiger partial charge is 0.274 e. The van der Waals surface area contributed by atoms with E-state index in [0.29, 0.717) is 21.2 Å². The van der Waals surface area contributed by atoms with Gasteiger partial charge in [-0.25, -0.2) is 0 Å². The van der Waals surface area contributed by atoms with Crippen LogP contribution in [0.2, 0.25) is 0 Å². The number of amides is 1. The summed E-state index contributed by atoms with van der Waals surface area (Å²) in [4.78, 5) is 11.2. The van der Waals surface area contributed by atoms with E-state index in [1.54, 1.807) is 18.2 Å². The van der Waals surface area contributed by atoms with Crippen molar-refractivity contribution in [3.8, 4) is 0 Å². The van der Waals surface area contributed by atoms with Gasteiger partial charge in [0.25, 0.3) is 5.91 Å². The maximum atomic E-state index is 11.2. The van der Waals surface area contributed by atoms with Crippen LogP contribution in [-0.4, -0.2) is 11.0 Å². The van der Waals surface area contributed by atoms with E-state index in [1.807, 2.05) is 0 Å². The Morgan fingerprint density at radius 2 is 2.21 bits per heavy atom. The highest BCUT2D eigenvalue weighted by molar-refractivity contribution is 9.10. The quantitative estimate of drug-likeness (QED) is 0.599. The molecule has 0 spiro atoms. The average molecular weight is 273 g/mol. The van der Waals surface area contributed by atoms with Crippen LogP contribution < -0.4 is 10.6 Å². The molecule has 0 bridgehead atoms. The van der Waals surface area contributed by atoms with Crippen molar-refractivity contribution in [3.05, 3.63) is 28.3 Å². The molecule has 0 saturated carbocycles. The summed E-state index contributed by atoms with van der Waals surface area (Å²) in [6.07, 6.45) is 1.58. The Morgan fingerprint density at radius 1 is 1.43 bits per heavy atom. The summed E-state index contributed by atoms with van der Waals surface area (Å²) < 4.78 is 5.82. The molecule has 2 N–H and O–H groups in total. The van der Waals surface area contributed by atoms with Gasteiger partial charge < -0.3 is 9.73 Å². The molecule has 0 aliphatic carbocycles. The summed E-state index contributed by atoms with van der Waals surface area (Å²) in [5, 5.41) is 5.48. The van der Waals surface area contributed by atoms with Crippen LogP contribution in [0.4, 0.5) is 0 Å². The fourth-order valence-corrected chi connectivity index (χ4v) is 1.55. The second-order valence-corrected chi connectivity index (χ2v) is 3.80. The summed E-state index contributed by atoms with van der Waals surface area (Å²) in [6, 6.07) is 3.49. The molecule has 0 aromatic carbocycles. The van der Waals surface area contributed by atoms with Gasteiger partial charge in [-0.3, -0.25) is 10.1 Å². The third-order valence-corrected chi connectivity index (χ3v) is 2.23. The van der Waals surface area contributed by atoms with E-state index in [9.17, 15) is 4.79 Å². The topological polar surface area (TPSA) is 54.3 Å². The average Bonchev–Trinajstić information content (AvgIpc) is 2.61. The molecule has 1 aliphatic heterocycles. The minimum absolute atomic E-state index is 0.248. The predicted molar refractivity (Wildman–Crippen MR) is 58.3 cm³/mol. The summed E-state index contributed by atoms with van der Waals surface area (Å²) in [7, 11) is 0. The Balaban J connectivity index is 2.27. The van der Waals surface area contributed by atoms with Crippen molar-refractivity contribution in [1.29, 1.82) is 0 Å². The lowest BCUT2D eigenvalue weighted by Gasteiger charge is -1.91. The molecule has 1 amide bonds. The van der Waals surface area contributed by atoms with Crippen molar-refractivity contribution in [1.82, 2.24) is 10.6 Å². The lowest BCUT2D eigenvalue weighted by molar-refractivity contribution is -0.115. The van der Waals surface area contributed by atoms with E-state index >= 15 is 0 Å². The maximum Gasteiger partial charge on any atom is 0.274 e. The van der Waals surface area contributed by atoms with E-state index in [4.69, 9.17) is 16.6 Å². The Hall–Kier alpha value is -1.14. The minimum Gasteiger partial charge on any atom is -0.450 e. The van der Waals surface area contributed by atoms with Crippen molar-refractivity contribution in [2.24, 2.45) is 0 Å². The van der Waals surface area contributed by atoms with Crippen LogP contribution in [0.5, 0.6) is 0 Å². The third kappa shape index (κ3) is 1.85. The first-order valence-electron chi connectivity index (χ1n) is 3.74. The number of halogens is 1. The van der Waals surface area contributed by atoms with Gasteiger partial charge >= 0.3 is 0 Å². The van der Waals surface area contributed by atoms with Gasteiger partial charge in [-0.15, -0.1) is 0 Å². The molecule has 0 radical (unpaired) electrons. The van der Waals surface area contributed by atoms with E-state index in [1.165, 1.54) is 0 Å². The maximum absolute atomic E-state index is 11.2. The third-order valence-electron chi connectivity index (χ3n) is 1.60. The molecule has 4 nitrogen and oxygen atoms in total. The van der Waals surface area contributed by atoms with Crippen molar-refractivity contribution in [2.45, 2.75) is 0 Å². The van der Waals surface area contributed by atoms with Gasteiger partial charge in [-0.2, -0.15) is 0 Å². The lowest BCUT2D eigenvalue weighted by atomic mass is 10.3. The van der Waals surface area contributed by atoms with Crippen molar-refractivity contribution in [3.63, 3.8) is 0 Å². The summed E-state index contributed by atoms with van der Waals surface area (Å²) in [5.74, 6) is 0.335. The molecule has 0 atom stereocenters. The Bertz CT molecular complexity index is 438. The predicted octanol–water partition coefficient (Wildman–Crippen LogP) is 1.39. The first-order chi connectivity index (χ1) is 6.65. The van der Waals surface area contributed by atoms with Gasteiger partial charge in [0.2, 0.25) is 0 Å². The van der Waals surface area contributed by atoms with Gasteiger partial charge in [0.1, 0.15) is 11.5 Å². The van der Waals surface area contributed by atoms with Crippen LogP contribution in [0.3, 0.4) is 0 Å². The second kappa shape index (κ2) is 3.55. The highest BCUT2D eigenvalue weighted by Gasteiger charge is 2.20. The largest absolute Gasteiger partial charge is 0.450 e. The minimum atomic E-state index is -0.248. The Kier molecular flexibility index (Phi) is 2.39. The van der Waals surface area contributed by atoms with Crippen LogP contribution in [0.15, 0.2) is 26.9 Å². The molecule has 2 rings (SSSR count). The molecule has 2 heterocycles. The van der Waals surface area contributed by atoms with Crippen LogP contribution in [0.25, 0.3) is 6.08 Å². The number of hydrogen-bond acceptors (Lipinski definition) is 3. The lowest BCUT2D eigenvalue weighted by Crippen LogP contribution is -2.21. The van der Waals surface area contributed by atoms with Gasteiger partial charge in [-0.1, -0.05) is 0 Å². The molecule has 1 aliphatic rings. The second-order valence-electron chi connectivity index (χ2n) is 2.61. The summed E-state index contributed by atoms with van der Waals surface area (Å²) in [5.41, 5.74) is 0.386. The van der Waals surface area contributed by atoms with Crippen LogP contribution in [-0.2, 0) is 4.79 Å². The highest BCUT2D eigenvalue weighted by Crippen LogP contribution is 2.16. The zero-order valence-corrected chi connectivity index (χ0v) is 9.24.